The van der Waals surface area contributed by atoms with E-state index in [0.717, 1.165) is 0 Å². The molecule has 1 atom stereocenters. The van der Waals surface area contributed by atoms with Gasteiger partial charge in [-0.25, -0.2) is 4.39 Å². The predicted molar refractivity (Wildman–Crippen MR) is 55.2 cm³/mol. The van der Waals surface area contributed by atoms with E-state index >= 15 is 0 Å². The first-order chi connectivity index (χ1) is 6.63. The third-order valence-electron chi connectivity index (χ3n) is 1.65. The minimum atomic E-state index is -1.14. The lowest BCUT2D eigenvalue weighted by Crippen LogP contribution is -2.04. The highest BCUT2D eigenvalue weighted by Crippen LogP contribution is 2.18. The predicted octanol–water partition coefficient (Wildman–Crippen LogP) is 1.72. The summed E-state index contributed by atoms with van der Waals surface area (Å²) in [5.41, 5.74) is 0.639. The minimum absolute atomic E-state index is 0.120. The van der Waals surface area contributed by atoms with Crippen molar-refractivity contribution in [3.05, 3.63) is 34.6 Å². The Hall–Kier alpha value is -0.450. The van der Waals surface area contributed by atoms with Crippen LogP contribution in [0.15, 0.2) is 18.2 Å². The number of hydrogen-bond acceptors (Lipinski definition) is 2. The smallest absolute Gasteiger partial charge is 0.124 e. The topological polar surface area (TPSA) is 37.3 Å². The maximum Gasteiger partial charge on any atom is 0.124 e. The maximum atomic E-state index is 12.6. The van der Waals surface area contributed by atoms with Crippen molar-refractivity contribution in [3.63, 3.8) is 0 Å². The fraction of sp³-hybridized carbons (Fsp3) is 0.333. The second-order valence-electron chi connectivity index (χ2n) is 2.75. The summed E-state index contributed by atoms with van der Waals surface area (Å²) < 4.78 is 23.9. The Morgan fingerprint density at radius 3 is 2.79 bits per heavy atom. The Bertz CT molecular complexity index is 344. The van der Waals surface area contributed by atoms with E-state index in [2.05, 4.69) is 0 Å². The standard InChI is InChI=1S/C9H10ClFO2S/c10-9-5-8(11)2-1-7(9)6-14(13)4-3-12/h1-2,5,12H,3-4,6H2. The number of hydrogen-bond donors (Lipinski definition) is 1. The van der Waals surface area contributed by atoms with Gasteiger partial charge in [0.05, 0.1) is 12.4 Å². The summed E-state index contributed by atoms with van der Waals surface area (Å²) in [4.78, 5) is 0. The number of benzene rings is 1. The molecule has 0 saturated heterocycles. The van der Waals surface area contributed by atoms with Gasteiger partial charge in [-0.2, -0.15) is 0 Å². The quantitative estimate of drug-likeness (QED) is 0.865. The molecule has 2 nitrogen and oxygen atoms in total. The fourth-order valence-corrected chi connectivity index (χ4v) is 2.25. The van der Waals surface area contributed by atoms with Gasteiger partial charge in [0.25, 0.3) is 0 Å². The zero-order valence-corrected chi connectivity index (χ0v) is 8.95. The number of halogens is 2. The summed E-state index contributed by atoms with van der Waals surface area (Å²) >= 11 is 5.74. The van der Waals surface area contributed by atoms with E-state index < -0.39 is 16.6 Å². The molecule has 0 fully saturated rings. The molecule has 1 rings (SSSR count). The van der Waals surface area contributed by atoms with E-state index in [1.165, 1.54) is 18.2 Å². The zero-order chi connectivity index (χ0) is 10.6. The van der Waals surface area contributed by atoms with Crippen LogP contribution in [0.5, 0.6) is 0 Å². The lowest BCUT2D eigenvalue weighted by Gasteiger charge is -2.03. The highest BCUT2D eigenvalue weighted by molar-refractivity contribution is 7.84. The summed E-state index contributed by atoms with van der Waals surface area (Å²) in [5.74, 6) is 0.0552. The van der Waals surface area contributed by atoms with Gasteiger partial charge in [-0.3, -0.25) is 4.21 Å². The first kappa shape index (κ1) is 11.6. The molecule has 1 aromatic rings. The molecule has 5 heteroatoms. The van der Waals surface area contributed by atoms with Gasteiger partial charge in [-0.1, -0.05) is 17.7 Å². The molecule has 1 unspecified atom stereocenters. The molecule has 0 bridgehead atoms. The van der Waals surface area contributed by atoms with Crippen LogP contribution in [0.4, 0.5) is 4.39 Å². The van der Waals surface area contributed by atoms with Crippen molar-refractivity contribution < 1.29 is 13.7 Å². The molecule has 0 saturated carbocycles. The Balaban J connectivity index is 2.72. The summed E-state index contributed by atoms with van der Waals surface area (Å²) in [6, 6.07) is 3.97. The van der Waals surface area contributed by atoms with E-state index in [9.17, 15) is 8.60 Å². The number of aliphatic hydroxyl groups excluding tert-OH is 1. The van der Waals surface area contributed by atoms with Gasteiger partial charge in [0.1, 0.15) is 5.82 Å². The van der Waals surface area contributed by atoms with Gasteiger partial charge >= 0.3 is 0 Å². The molecule has 78 valence electrons. The summed E-state index contributed by atoms with van der Waals surface area (Å²) in [6.45, 7) is -0.120. The molecule has 1 N–H and O–H groups in total. The first-order valence-electron chi connectivity index (χ1n) is 4.03. The van der Waals surface area contributed by atoms with E-state index in [4.69, 9.17) is 16.7 Å². The Morgan fingerprint density at radius 2 is 2.21 bits per heavy atom. The lowest BCUT2D eigenvalue weighted by molar-refractivity contribution is 0.321. The molecule has 0 spiro atoms. The molecule has 14 heavy (non-hydrogen) atoms. The van der Waals surface area contributed by atoms with Crippen LogP contribution < -0.4 is 0 Å². The van der Waals surface area contributed by atoms with Gasteiger partial charge in [-0.15, -0.1) is 0 Å². The third-order valence-corrected chi connectivity index (χ3v) is 3.27. The van der Waals surface area contributed by atoms with Gasteiger partial charge in [0, 0.05) is 21.6 Å². The SMILES string of the molecule is O=S(CCO)Cc1ccc(F)cc1Cl. The van der Waals surface area contributed by atoms with Gasteiger partial charge < -0.3 is 5.11 Å². The first-order valence-corrected chi connectivity index (χ1v) is 5.90. The van der Waals surface area contributed by atoms with Gasteiger partial charge in [-0.05, 0) is 17.7 Å². The van der Waals surface area contributed by atoms with Crippen LogP contribution in [-0.4, -0.2) is 21.7 Å². The fourth-order valence-electron chi connectivity index (χ4n) is 0.986. The average Bonchev–Trinajstić information content (AvgIpc) is 2.10. The molecule has 0 amide bonds. The lowest BCUT2D eigenvalue weighted by atomic mass is 10.2. The molecule has 0 aliphatic rings. The third kappa shape index (κ3) is 3.36. The van der Waals surface area contributed by atoms with E-state index in [0.29, 0.717) is 5.56 Å². The zero-order valence-electron chi connectivity index (χ0n) is 7.37. The Labute approximate surface area is 89.2 Å². The van der Waals surface area contributed by atoms with Crippen LogP contribution in [0.25, 0.3) is 0 Å². The highest BCUT2D eigenvalue weighted by Gasteiger charge is 2.06. The summed E-state index contributed by atoms with van der Waals surface area (Å²) in [6.07, 6.45) is 0. The van der Waals surface area contributed by atoms with Gasteiger partial charge in [0.15, 0.2) is 0 Å². The highest BCUT2D eigenvalue weighted by atomic mass is 35.5. The Kier molecular flexibility index (Phi) is 4.51. The molecule has 1 aromatic carbocycles. The van der Waals surface area contributed by atoms with E-state index in [-0.39, 0.29) is 23.1 Å². The van der Waals surface area contributed by atoms with Crippen LogP contribution in [0.3, 0.4) is 0 Å². The van der Waals surface area contributed by atoms with Crippen molar-refractivity contribution in [1.29, 1.82) is 0 Å². The van der Waals surface area contributed by atoms with Crippen molar-refractivity contribution in [1.82, 2.24) is 0 Å². The molecule has 0 aromatic heterocycles. The van der Waals surface area contributed by atoms with Crippen molar-refractivity contribution in [2.75, 3.05) is 12.4 Å². The van der Waals surface area contributed by atoms with Crippen LogP contribution in [0.2, 0.25) is 5.02 Å². The number of aliphatic hydroxyl groups is 1. The molecular formula is C9H10ClFO2S. The van der Waals surface area contributed by atoms with Gasteiger partial charge in [0.2, 0.25) is 0 Å². The van der Waals surface area contributed by atoms with Crippen LogP contribution in [0, 0.1) is 5.82 Å². The molecule has 0 aliphatic carbocycles. The molecule has 0 aliphatic heterocycles. The summed E-state index contributed by atoms with van der Waals surface area (Å²) in [5, 5.41) is 8.82. The van der Waals surface area contributed by atoms with E-state index in [1.54, 1.807) is 0 Å². The van der Waals surface area contributed by atoms with Crippen molar-refractivity contribution >= 4 is 22.4 Å². The average molecular weight is 237 g/mol. The Morgan fingerprint density at radius 1 is 1.50 bits per heavy atom. The largest absolute Gasteiger partial charge is 0.395 e. The second kappa shape index (κ2) is 5.44. The van der Waals surface area contributed by atoms with Crippen LogP contribution >= 0.6 is 11.6 Å². The monoisotopic (exact) mass is 236 g/mol. The molecule has 0 radical (unpaired) electrons. The maximum absolute atomic E-state index is 12.6. The number of rotatable bonds is 4. The van der Waals surface area contributed by atoms with Crippen molar-refractivity contribution in [3.8, 4) is 0 Å². The van der Waals surface area contributed by atoms with Crippen LogP contribution in [-0.2, 0) is 16.6 Å². The van der Waals surface area contributed by atoms with Crippen LogP contribution in [0.1, 0.15) is 5.56 Å². The second-order valence-corrected chi connectivity index (χ2v) is 4.73. The molecule has 0 heterocycles. The molecular weight excluding hydrogens is 227 g/mol. The van der Waals surface area contributed by atoms with E-state index in [1.807, 2.05) is 0 Å². The summed E-state index contributed by atoms with van der Waals surface area (Å²) in [7, 11) is -1.14. The van der Waals surface area contributed by atoms with Crippen molar-refractivity contribution in [2.24, 2.45) is 0 Å². The van der Waals surface area contributed by atoms with Crippen molar-refractivity contribution in [2.45, 2.75) is 5.75 Å². The normalized spacial score (nSPS) is 12.8. The minimum Gasteiger partial charge on any atom is -0.395 e.